The molecule has 0 spiro atoms. The van der Waals surface area contributed by atoms with Gasteiger partial charge in [0.25, 0.3) is 0 Å². The van der Waals surface area contributed by atoms with Crippen molar-refractivity contribution in [2.45, 2.75) is 30.2 Å². The van der Waals surface area contributed by atoms with E-state index in [1.54, 1.807) is 50.4 Å². The molecule has 0 saturated carbocycles. The number of halogens is 1. The van der Waals surface area contributed by atoms with Crippen LogP contribution >= 0.6 is 11.6 Å². The molecule has 45 heavy (non-hydrogen) atoms. The zero-order valence-corrected chi connectivity index (χ0v) is 28.0. The van der Waals surface area contributed by atoms with Crippen LogP contribution < -0.4 is 15.4 Å². The first kappa shape index (κ1) is 32.9. The maximum Gasteiger partial charge on any atom is 0.245 e. The number of likely N-dealkylation sites (N-methyl/N-ethyl adjacent to an activating group) is 2. The number of carbonyl (C=O) groups is 1. The topological polar surface area (TPSA) is 123 Å². The highest BCUT2D eigenvalue weighted by atomic mass is 35.5. The molecule has 1 atom stereocenters. The van der Waals surface area contributed by atoms with Crippen molar-refractivity contribution in [3.05, 3.63) is 58.7 Å². The summed E-state index contributed by atoms with van der Waals surface area (Å²) in [5.74, 6) is 1.25. The molecule has 2 aliphatic heterocycles. The number of rotatable bonds is 10. The minimum Gasteiger partial charge on any atom is -0.495 e. The number of para-hydroxylation sites is 1. The largest absolute Gasteiger partial charge is 0.495 e. The lowest BCUT2D eigenvalue weighted by Crippen LogP contribution is -2.37. The summed E-state index contributed by atoms with van der Waals surface area (Å²) in [5, 5.41) is 6.64. The van der Waals surface area contributed by atoms with Crippen LogP contribution in [0.5, 0.6) is 5.75 Å². The first-order valence-corrected chi connectivity index (χ1v) is 16.7. The lowest BCUT2D eigenvalue weighted by atomic mass is 10.0. The fraction of sp³-hybridized carbons (Fsp3) is 0.452. The van der Waals surface area contributed by atoms with Crippen molar-refractivity contribution in [2.75, 3.05) is 78.7 Å². The van der Waals surface area contributed by atoms with Crippen molar-refractivity contribution in [3.8, 4) is 5.75 Å². The fourth-order valence-corrected chi connectivity index (χ4v) is 7.38. The summed E-state index contributed by atoms with van der Waals surface area (Å²) in [6.07, 6.45) is 3.82. The van der Waals surface area contributed by atoms with Crippen LogP contribution in [-0.4, -0.2) is 117 Å². The average Bonchev–Trinajstić information content (AvgIpc) is 3.45. The Balaban J connectivity index is 1.36. The summed E-state index contributed by atoms with van der Waals surface area (Å²) in [6, 6.07) is 11.0. The Labute approximate surface area is 270 Å². The molecule has 242 valence electrons. The van der Waals surface area contributed by atoms with E-state index in [4.69, 9.17) is 16.3 Å². The molecule has 2 aromatic carbocycles. The average molecular weight is 657 g/mol. The minimum absolute atomic E-state index is 0.0828. The van der Waals surface area contributed by atoms with Crippen LogP contribution in [0.1, 0.15) is 17.5 Å². The number of benzene rings is 2. The molecule has 5 rings (SSSR count). The third kappa shape index (κ3) is 7.50. The van der Waals surface area contributed by atoms with Crippen molar-refractivity contribution in [1.29, 1.82) is 0 Å². The van der Waals surface area contributed by atoms with Gasteiger partial charge in [0.1, 0.15) is 15.7 Å². The molecule has 0 bridgehead atoms. The summed E-state index contributed by atoms with van der Waals surface area (Å²) in [4.78, 5) is 27.2. The first-order valence-electron chi connectivity index (χ1n) is 14.9. The Kier molecular flexibility index (Phi) is 10.1. The number of aromatic nitrogens is 2. The molecular formula is C31H41ClN8O4S. The van der Waals surface area contributed by atoms with E-state index in [-0.39, 0.29) is 33.6 Å². The normalized spacial score (nSPS) is 17.5. The number of sulfonamides is 1. The van der Waals surface area contributed by atoms with Gasteiger partial charge in [-0.25, -0.2) is 13.4 Å². The van der Waals surface area contributed by atoms with Gasteiger partial charge in [-0.05, 0) is 68.8 Å². The van der Waals surface area contributed by atoms with Crippen LogP contribution in [-0.2, 0) is 27.7 Å². The number of ether oxygens (including phenoxy) is 1. The highest BCUT2D eigenvalue weighted by molar-refractivity contribution is 7.89. The van der Waals surface area contributed by atoms with Gasteiger partial charge >= 0.3 is 0 Å². The van der Waals surface area contributed by atoms with E-state index in [0.29, 0.717) is 36.8 Å². The van der Waals surface area contributed by atoms with Gasteiger partial charge in [-0.2, -0.15) is 9.29 Å². The Morgan fingerprint density at radius 2 is 1.76 bits per heavy atom. The molecule has 0 radical (unpaired) electrons. The maximum atomic E-state index is 13.7. The Morgan fingerprint density at radius 3 is 2.42 bits per heavy atom. The molecule has 1 saturated heterocycles. The van der Waals surface area contributed by atoms with Crippen molar-refractivity contribution in [3.63, 3.8) is 0 Å². The van der Waals surface area contributed by atoms with E-state index in [2.05, 4.69) is 30.4 Å². The molecule has 1 unspecified atom stereocenters. The third-order valence-electron chi connectivity index (χ3n) is 8.38. The zero-order valence-electron chi connectivity index (χ0n) is 26.4. The van der Waals surface area contributed by atoms with E-state index >= 15 is 0 Å². The quantitative estimate of drug-likeness (QED) is 0.336. The molecule has 3 aromatic rings. The second-order valence-corrected chi connectivity index (χ2v) is 14.1. The number of anilines is 4. The maximum absolute atomic E-state index is 13.7. The molecule has 2 N–H and O–H groups in total. The summed E-state index contributed by atoms with van der Waals surface area (Å²) < 4.78 is 34.6. The standard InChI is InChI=1S/C31H41ClN8O4S/c1-37(2)23-12-15-40(19-23)45(42,43)28-9-7-6-8-25(28)34-30-24(32)18-33-31(36-30)35-26-16-21-10-13-39(20-29(41)38(3)4)14-11-22(21)17-27(26)44-5/h6-9,16-18,23H,10-15,19-20H2,1-5H3,(H2,33,34,35,36). The van der Waals surface area contributed by atoms with Gasteiger partial charge in [-0.1, -0.05) is 23.7 Å². The van der Waals surface area contributed by atoms with Crippen molar-refractivity contribution < 1.29 is 17.9 Å². The predicted octanol–water partition coefficient (Wildman–Crippen LogP) is 3.44. The lowest BCUT2D eigenvalue weighted by molar-refractivity contribution is -0.129. The van der Waals surface area contributed by atoms with E-state index in [0.717, 1.165) is 37.9 Å². The molecule has 1 fully saturated rings. The van der Waals surface area contributed by atoms with Crippen LogP contribution in [0.25, 0.3) is 0 Å². The number of hydrogen-bond donors (Lipinski definition) is 2. The van der Waals surface area contributed by atoms with Gasteiger partial charge < -0.3 is 25.2 Å². The molecule has 2 aliphatic rings. The second kappa shape index (κ2) is 13.9. The van der Waals surface area contributed by atoms with Gasteiger partial charge in [0, 0.05) is 46.3 Å². The van der Waals surface area contributed by atoms with Crippen LogP contribution in [0.15, 0.2) is 47.5 Å². The fourth-order valence-electron chi connectivity index (χ4n) is 5.61. The number of nitrogens with zero attached hydrogens (tertiary/aromatic N) is 6. The SMILES string of the molecule is COc1cc2c(cc1Nc1ncc(Cl)c(Nc3ccccc3S(=O)(=O)N3CCC(N(C)C)C3)n1)CCN(CC(=O)N(C)C)CC2. The van der Waals surface area contributed by atoms with Crippen LogP contribution in [0.3, 0.4) is 0 Å². The van der Waals surface area contributed by atoms with Crippen LogP contribution in [0.4, 0.5) is 23.1 Å². The van der Waals surface area contributed by atoms with Gasteiger partial charge in [0.15, 0.2) is 5.82 Å². The second-order valence-electron chi connectivity index (χ2n) is 11.8. The van der Waals surface area contributed by atoms with Crippen molar-refractivity contribution in [1.82, 2.24) is 29.0 Å². The van der Waals surface area contributed by atoms with Gasteiger partial charge in [0.05, 0.1) is 31.2 Å². The van der Waals surface area contributed by atoms with Gasteiger partial charge in [-0.3, -0.25) is 9.69 Å². The smallest absolute Gasteiger partial charge is 0.245 e. The molecule has 14 heteroatoms. The number of nitrogens with one attached hydrogen (secondary N) is 2. The summed E-state index contributed by atoms with van der Waals surface area (Å²) in [7, 11) is 5.32. The third-order valence-corrected chi connectivity index (χ3v) is 10.6. The summed E-state index contributed by atoms with van der Waals surface area (Å²) in [6.45, 7) is 2.82. The number of hydrogen-bond acceptors (Lipinski definition) is 10. The van der Waals surface area contributed by atoms with Gasteiger partial charge in [0.2, 0.25) is 21.9 Å². The number of methoxy groups -OCH3 is 1. The molecule has 0 aliphatic carbocycles. The first-order chi connectivity index (χ1) is 21.5. The summed E-state index contributed by atoms with van der Waals surface area (Å²) >= 11 is 6.50. The molecule has 3 heterocycles. The highest BCUT2D eigenvalue weighted by Crippen LogP contribution is 2.35. The molecule has 1 aromatic heterocycles. The van der Waals surface area contributed by atoms with Crippen LogP contribution in [0.2, 0.25) is 5.02 Å². The zero-order chi connectivity index (χ0) is 32.3. The predicted molar refractivity (Wildman–Crippen MR) is 176 cm³/mol. The number of fused-ring (bicyclic) bond motifs is 1. The Bertz CT molecular complexity index is 1650. The van der Waals surface area contributed by atoms with Crippen molar-refractivity contribution in [2.24, 2.45) is 0 Å². The summed E-state index contributed by atoms with van der Waals surface area (Å²) in [5.41, 5.74) is 3.39. The number of amides is 1. The minimum atomic E-state index is -3.76. The Morgan fingerprint density at radius 1 is 1.04 bits per heavy atom. The molecule has 1 amide bonds. The van der Waals surface area contributed by atoms with E-state index in [1.807, 2.05) is 26.2 Å². The van der Waals surface area contributed by atoms with Crippen LogP contribution in [0, 0.1) is 0 Å². The monoisotopic (exact) mass is 656 g/mol. The van der Waals surface area contributed by atoms with E-state index in [9.17, 15) is 13.2 Å². The number of carbonyl (C=O) groups excluding carboxylic acids is 1. The lowest BCUT2D eigenvalue weighted by Gasteiger charge is -2.21. The van der Waals surface area contributed by atoms with E-state index < -0.39 is 10.0 Å². The molecule has 12 nitrogen and oxygen atoms in total. The highest BCUT2D eigenvalue weighted by Gasteiger charge is 2.34. The van der Waals surface area contributed by atoms with Crippen molar-refractivity contribution >= 4 is 50.7 Å². The van der Waals surface area contributed by atoms with E-state index in [1.165, 1.54) is 16.1 Å². The molecular weight excluding hydrogens is 616 g/mol. The van der Waals surface area contributed by atoms with Gasteiger partial charge in [-0.15, -0.1) is 0 Å². The Hall–Kier alpha value is -3.49.